The minimum Gasteiger partial charge on any atom is -0.478 e. The summed E-state index contributed by atoms with van der Waals surface area (Å²) in [6, 6.07) is 4.80. The number of aryl methyl sites for hydroxylation is 1. The zero-order chi connectivity index (χ0) is 15.1. The largest absolute Gasteiger partial charge is 0.478 e. The van der Waals surface area contributed by atoms with Gasteiger partial charge in [-0.15, -0.1) is 0 Å². The third kappa shape index (κ3) is 2.43. The number of carbonyl (C=O) groups excluding carboxylic acids is 2. The SMILES string of the molecule is Cc1cccc(N2C(=O)CC(C)(C)CC2=O)c1C(=O)O. The van der Waals surface area contributed by atoms with Gasteiger partial charge in [-0.25, -0.2) is 9.69 Å². The topological polar surface area (TPSA) is 74.7 Å². The van der Waals surface area contributed by atoms with Gasteiger partial charge in [0, 0.05) is 12.8 Å². The number of carbonyl (C=O) groups is 3. The lowest BCUT2D eigenvalue weighted by atomic mass is 9.81. The Morgan fingerprint density at radius 1 is 1.20 bits per heavy atom. The molecule has 0 aliphatic carbocycles. The van der Waals surface area contributed by atoms with E-state index in [0.717, 1.165) is 4.90 Å². The summed E-state index contributed by atoms with van der Waals surface area (Å²) in [5.74, 6) is -1.83. The van der Waals surface area contributed by atoms with Gasteiger partial charge in [-0.1, -0.05) is 26.0 Å². The molecule has 0 saturated carbocycles. The molecule has 1 aromatic rings. The van der Waals surface area contributed by atoms with E-state index in [2.05, 4.69) is 0 Å². The van der Waals surface area contributed by atoms with E-state index in [4.69, 9.17) is 0 Å². The molecule has 0 spiro atoms. The van der Waals surface area contributed by atoms with Crippen LogP contribution in [0.4, 0.5) is 5.69 Å². The summed E-state index contributed by atoms with van der Waals surface area (Å²) in [7, 11) is 0. The van der Waals surface area contributed by atoms with Gasteiger partial charge in [0.2, 0.25) is 11.8 Å². The van der Waals surface area contributed by atoms with Crippen molar-refractivity contribution >= 4 is 23.5 Å². The van der Waals surface area contributed by atoms with Crippen LogP contribution in [0, 0.1) is 12.3 Å². The number of hydrogen-bond acceptors (Lipinski definition) is 3. The molecule has 5 nitrogen and oxygen atoms in total. The molecule has 1 N–H and O–H groups in total. The number of hydrogen-bond donors (Lipinski definition) is 1. The van der Waals surface area contributed by atoms with Crippen molar-refractivity contribution in [2.75, 3.05) is 4.90 Å². The smallest absolute Gasteiger partial charge is 0.338 e. The number of carboxylic acids is 1. The molecule has 2 rings (SSSR count). The Bertz CT molecular complexity index is 584. The summed E-state index contributed by atoms with van der Waals surface area (Å²) >= 11 is 0. The predicted molar refractivity (Wildman–Crippen MR) is 73.6 cm³/mol. The van der Waals surface area contributed by atoms with E-state index in [1.807, 2.05) is 13.8 Å². The lowest BCUT2D eigenvalue weighted by Crippen LogP contribution is -2.46. The Labute approximate surface area is 117 Å². The molecule has 0 bridgehead atoms. The first-order chi connectivity index (χ1) is 9.23. The van der Waals surface area contributed by atoms with Gasteiger partial charge in [-0.05, 0) is 24.0 Å². The predicted octanol–water partition coefficient (Wildman–Crippen LogP) is 2.37. The molecule has 20 heavy (non-hydrogen) atoms. The van der Waals surface area contributed by atoms with Gasteiger partial charge in [0.15, 0.2) is 0 Å². The Morgan fingerprint density at radius 2 is 1.75 bits per heavy atom. The van der Waals surface area contributed by atoms with E-state index in [9.17, 15) is 19.5 Å². The molecule has 1 aromatic carbocycles. The third-order valence-electron chi connectivity index (χ3n) is 3.46. The summed E-state index contributed by atoms with van der Waals surface area (Å²) in [5.41, 5.74) is 0.329. The van der Waals surface area contributed by atoms with Crippen molar-refractivity contribution < 1.29 is 19.5 Å². The van der Waals surface area contributed by atoms with E-state index < -0.39 is 5.97 Å². The van der Waals surface area contributed by atoms with Crippen LogP contribution in [0.5, 0.6) is 0 Å². The average Bonchev–Trinajstić information content (AvgIpc) is 2.25. The number of imide groups is 1. The molecule has 5 heteroatoms. The van der Waals surface area contributed by atoms with Crippen LogP contribution in [0.1, 0.15) is 42.6 Å². The maximum atomic E-state index is 12.2. The van der Waals surface area contributed by atoms with E-state index in [1.54, 1.807) is 19.1 Å². The fourth-order valence-electron chi connectivity index (χ4n) is 2.56. The molecule has 0 radical (unpaired) electrons. The van der Waals surface area contributed by atoms with Crippen molar-refractivity contribution in [2.24, 2.45) is 5.41 Å². The van der Waals surface area contributed by atoms with E-state index >= 15 is 0 Å². The summed E-state index contributed by atoms with van der Waals surface area (Å²) in [6.07, 6.45) is 0.456. The van der Waals surface area contributed by atoms with Gasteiger partial charge in [-0.3, -0.25) is 9.59 Å². The van der Waals surface area contributed by atoms with Crippen molar-refractivity contribution in [2.45, 2.75) is 33.6 Å². The Balaban J connectivity index is 2.52. The van der Waals surface area contributed by atoms with Crippen molar-refractivity contribution in [3.05, 3.63) is 29.3 Å². The average molecular weight is 275 g/mol. The highest BCUT2D eigenvalue weighted by Gasteiger charge is 2.39. The quantitative estimate of drug-likeness (QED) is 0.841. The number of piperidine rings is 1. The lowest BCUT2D eigenvalue weighted by molar-refractivity contribution is -0.132. The molecular weight excluding hydrogens is 258 g/mol. The third-order valence-corrected chi connectivity index (χ3v) is 3.46. The Morgan fingerprint density at radius 3 is 2.25 bits per heavy atom. The van der Waals surface area contributed by atoms with E-state index in [-0.39, 0.29) is 41.3 Å². The highest BCUT2D eigenvalue weighted by atomic mass is 16.4. The number of aromatic carboxylic acids is 1. The Hall–Kier alpha value is -2.17. The fourth-order valence-corrected chi connectivity index (χ4v) is 2.56. The molecule has 1 fully saturated rings. The fraction of sp³-hybridized carbons (Fsp3) is 0.400. The minimum absolute atomic E-state index is 0.00825. The summed E-state index contributed by atoms with van der Waals surface area (Å²) in [5, 5.41) is 9.30. The molecule has 2 amide bonds. The van der Waals surface area contributed by atoms with Crippen LogP contribution >= 0.6 is 0 Å². The van der Waals surface area contributed by atoms with Gasteiger partial charge in [0.1, 0.15) is 0 Å². The molecule has 1 saturated heterocycles. The number of nitrogens with zero attached hydrogens (tertiary/aromatic N) is 1. The first kappa shape index (κ1) is 14.2. The summed E-state index contributed by atoms with van der Waals surface area (Å²) in [6.45, 7) is 5.36. The molecule has 0 aromatic heterocycles. The van der Waals surface area contributed by atoms with Gasteiger partial charge in [0.05, 0.1) is 11.3 Å². The molecule has 1 heterocycles. The number of anilines is 1. The van der Waals surface area contributed by atoms with Crippen molar-refractivity contribution in [1.29, 1.82) is 0 Å². The van der Waals surface area contributed by atoms with Crippen molar-refractivity contribution in [3.63, 3.8) is 0 Å². The molecule has 0 unspecified atom stereocenters. The standard InChI is InChI=1S/C15H17NO4/c1-9-5-4-6-10(13(9)14(19)20)16-11(17)7-15(2,3)8-12(16)18/h4-6H,7-8H2,1-3H3,(H,19,20). The maximum Gasteiger partial charge on any atom is 0.338 e. The molecular formula is C15H17NO4. The van der Waals surface area contributed by atoms with Crippen LogP contribution in [0.3, 0.4) is 0 Å². The van der Waals surface area contributed by atoms with Gasteiger partial charge >= 0.3 is 5.97 Å². The monoisotopic (exact) mass is 275 g/mol. The second-order valence-corrected chi connectivity index (χ2v) is 5.91. The van der Waals surface area contributed by atoms with Crippen LogP contribution in [0.25, 0.3) is 0 Å². The molecule has 1 aliphatic heterocycles. The zero-order valence-corrected chi connectivity index (χ0v) is 11.8. The number of carboxylic acid groups (broad SMARTS) is 1. The summed E-state index contributed by atoms with van der Waals surface area (Å²) < 4.78 is 0. The van der Waals surface area contributed by atoms with Crippen LogP contribution < -0.4 is 4.90 Å². The Kier molecular flexibility index (Phi) is 3.38. The van der Waals surface area contributed by atoms with E-state index in [0.29, 0.717) is 5.56 Å². The van der Waals surface area contributed by atoms with Crippen LogP contribution in [-0.4, -0.2) is 22.9 Å². The highest BCUT2D eigenvalue weighted by molar-refractivity contribution is 6.19. The molecule has 0 atom stereocenters. The van der Waals surface area contributed by atoms with Gasteiger partial charge in [0.25, 0.3) is 0 Å². The minimum atomic E-state index is -1.14. The second-order valence-electron chi connectivity index (χ2n) is 5.91. The number of benzene rings is 1. The second kappa shape index (κ2) is 4.74. The van der Waals surface area contributed by atoms with Crippen LogP contribution in [0.2, 0.25) is 0 Å². The molecule has 106 valence electrons. The van der Waals surface area contributed by atoms with Crippen LogP contribution in [0.15, 0.2) is 18.2 Å². The van der Waals surface area contributed by atoms with E-state index in [1.165, 1.54) is 6.07 Å². The number of amides is 2. The number of rotatable bonds is 2. The van der Waals surface area contributed by atoms with Crippen LogP contribution in [-0.2, 0) is 9.59 Å². The maximum absolute atomic E-state index is 12.2. The summed E-state index contributed by atoms with van der Waals surface area (Å²) in [4.78, 5) is 36.8. The highest BCUT2D eigenvalue weighted by Crippen LogP contribution is 2.35. The molecule has 1 aliphatic rings. The van der Waals surface area contributed by atoms with Gasteiger partial charge < -0.3 is 5.11 Å². The normalized spacial score (nSPS) is 18.2. The first-order valence-electron chi connectivity index (χ1n) is 6.42. The van der Waals surface area contributed by atoms with Gasteiger partial charge in [-0.2, -0.15) is 0 Å². The first-order valence-corrected chi connectivity index (χ1v) is 6.42. The van der Waals surface area contributed by atoms with Crippen molar-refractivity contribution in [3.8, 4) is 0 Å². The zero-order valence-electron chi connectivity index (χ0n) is 11.8. The lowest BCUT2D eigenvalue weighted by Gasteiger charge is -2.35. The van der Waals surface area contributed by atoms with Crippen molar-refractivity contribution in [1.82, 2.24) is 0 Å².